The van der Waals surface area contributed by atoms with Crippen molar-refractivity contribution >= 4 is 27.5 Å². The van der Waals surface area contributed by atoms with E-state index in [2.05, 4.69) is 5.32 Å². The molecule has 4 rings (SSSR count). The van der Waals surface area contributed by atoms with Gasteiger partial charge in [0.2, 0.25) is 11.8 Å². The first kappa shape index (κ1) is 31.3. The Morgan fingerprint density at radius 2 is 1.55 bits per heavy atom. The van der Waals surface area contributed by atoms with Crippen LogP contribution < -0.4 is 9.62 Å². The van der Waals surface area contributed by atoms with E-state index in [4.69, 9.17) is 0 Å². The predicted molar refractivity (Wildman–Crippen MR) is 168 cm³/mol. The Hall–Kier alpha value is -3.65. The number of carbonyl (C=O) groups is 2. The van der Waals surface area contributed by atoms with Crippen LogP contribution in [-0.2, 0) is 26.2 Å². The Balaban J connectivity index is 1.71. The van der Waals surface area contributed by atoms with Crippen LogP contribution in [0.15, 0.2) is 71.6 Å². The number of rotatable bonds is 10. The average Bonchev–Trinajstić information content (AvgIpc) is 2.96. The van der Waals surface area contributed by atoms with E-state index in [0.29, 0.717) is 5.69 Å². The van der Waals surface area contributed by atoms with Gasteiger partial charge in [0.25, 0.3) is 10.0 Å². The van der Waals surface area contributed by atoms with Crippen LogP contribution in [0.3, 0.4) is 0 Å². The summed E-state index contributed by atoms with van der Waals surface area (Å²) in [6.07, 6.45) is 5.18. The van der Waals surface area contributed by atoms with Gasteiger partial charge < -0.3 is 10.2 Å². The highest BCUT2D eigenvalue weighted by atomic mass is 32.2. The van der Waals surface area contributed by atoms with Gasteiger partial charge in [-0.3, -0.25) is 13.9 Å². The van der Waals surface area contributed by atoms with Crippen LogP contribution in [0, 0.1) is 27.7 Å². The van der Waals surface area contributed by atoms with Gasteiger partial charge in [-0.2, -0.15) is 0 Å². The summed E-state index contributed by atoms with van der Waals surface area (Å²) in [4.78, 5) is 29.3. The first-order valence-electron chi connectivity index (χ1n) is 14.8. The van der Waals surface area contributed by atoms with Gasteiger partial charge in [-0.15, -0.1) is 0 Å². The number of nitrogens with one attached hydrogen (secondary N) is 1. The smallest absolute Gasteiger partial charge is 0.264 e. The van der Waals surface area contributed by atoms with Crippen molar-refractivity contribution in [3.05, 3.63) is 94.5 Å². The van der Waals surface area contributed by atoms with Crippen LogP contribution in [0.1, 0.15) is 66.8 Å². The van der Waals surface area contributed by atoms with E-state index in [-0.39, 0.29) is 23.4 Å². The van der Waals surface area contributed by atoms with Crippen molar-refractivity contribution in [2.24, 2.45) is 0 Å². The maximum Gasteiger partial charge on any atom is 0.264 e. The number of sulfonamides is 1. The number of benzene rings is 3. The Morgan fingerprint density at radius 3 is 2.21 bits per heavy atom. The standard InChI is InChI=1S/C34H43N3O4S/c1-24-17-19-31(20-18-24)42(40,41)37(32-16-10-12-26(3)27(32)4)23-33(38)36(22-29-13-9-11-25(2)21-29)28(5)34(39)35-30-14-7-6-8-15-30/h9-13,16-21,28,30H,6-8,14-15,22-23H2,1-5H3,(H,35,39). The monoisotopic (exact) mass is 589 g/mol. The lowest BCUT2D eigenvalue weighted by Crippen LogP contribution is -2.53. The molecule has 1 aliphatic rings. The average molecular weight is 590 g/mol. The van der Waals surface area contributed by atoms with Crippen LogP contribution in [0.4, 0.5) is 5.69 Å². The minimum absolute atomic E-state index is 0.0954. The van der Waals surface area contributed by atoms with Crippen LogP contribution >= 0.6 is 0 Å². The van der Waals surface area contributed by atoms with Crippen molar-refractivity contribution in [2.75, 3.05) is 10.8 Å². The molecule has 0 bridgehead atoms. The molecule has 1 saturated carbocycles. The van der Waals surface area contributed by atoms with Crippen LogP contribution in [0.2, 0.25) is 0 Å². The number of carbonyl (C=O) groups excluding carboxylic acids is 2. The zero-order valence-electron chi connectivity index (χ0n) is 25.4. The molecule has 0 spiro atoms. The summed E-state index contributed by atoms with van der Waals surface area (Å²) in [5.74, 6) is -0.665. The van der Waals surface area contributed by atoms with Crippen molar-refractivity contribution in [3.8, 4) is 0 Å². The molecule has 0 saturated heterocycles. The number of nitrogens with zero attached hydrogens (tertiary/aromatic N) is 2. The van der Waals surface area contributed by atoms with Crippen LogP contribution in [-0.4, -0.2) is 43.8 Å². The Kier molecular flexibility index (Phi) is 10.1. The summed E-state index contributed by atoms with van der Waals surface area (Å²) in [7, 11) is -4.10. The van der Waals surface area contributed by atoms with Crippen LogP contribution in [0.5, 0.6) is 0 Å². The summed E-state index contributed by atoms with van der Waals surface area (Å²) in [5.41, 5.74) is 4.98. The second-order valence-corrected chi connectivity index (χ2v) is 13.4. The van der Waals surface area contributed by atoms with Gasteiger partial charge in [0.15, 0.2) is 0 Å². The molecule has 1 unspecified atom stereocenters. The second-order valence-electron chi connectivity index (χ2n) is 11.6. The fraction of sp³-hybridized carbons (Fsp3) is 0.412. The molecule has 1 N–H and O–H groups in total. The minimum atomic E-state index is -4.10. The molecule has 1 atom stereocenters. The summed E-state index contributed by atoms with van der Waals surface area (Å²) >= 11 is 0. The molecule has 2 amide bonds. The quantitative estimate of drug-likeness (QED) is 0.315. The van der Waals surface area contributed by atoms with E-state index >= 15 is 0 Å². The molecule has 1 fully saturated rings. The van der Waals surface area contributed by atoms with E-state index in [9.17, 15) is 18.0 Å². The molecule has 0 aliphatic heterocycles. The summed E-state index contributed by atoms with van der Waals surface area (Å²) in [6, 6.07) is 19.2. The molecule has 42 heavy (non-hydrogen) atoms. The van der Waals surface area contributed by atoms with Crippen molar-refractivity contribution < 1.29 is 18.0 Å². The molecule has 1 aliphatic carbocycles. The highest BCUT2D eigenvalue weighted by Crippen LogP contribution is 2.29. The fourth-order valence-corrected chi connectivity index (χ4v) is 6.99. The molecule has 0 radical (unpaired) electrons. The zero-order valence-corrected chi connectivity index (χ0v) is 26.2. The van der Waals surface area contributed by atoms with E-state index in [1.165, 1.54) is 15.6 Å². The minimum Gasteiger partial charge on any atom is -0.352 e. The molecule has 224 valence electrons. The van der Waals surface area contributed by atoms with Crippen molar-refractivity contribution in [3.63, 3.8) is 0 Å². The third-order valence-corrected chi connectivity index (χ3v) is 10.1. The van der Waals surface area contributed by atoms with Gasteiger partial charge in [0.05, 0.1) is 10.6 Å². The van der Waals surface area contributed by atoms with Gasteiger partial charge in [-0.25, -0.2) is 8.42 Å². The third kappa shape index (κ3) is 7.40. The first-order chi connectivity index (χ1) is 20.0. The number of aryl methyl sites for hydroxylation is 3. The maximum absolute atomic E-state index is 14.2. The molecule has 8 heteroatoms. The van der Waals surface area contributed by atoms with Crippen molar-refractivity contribution in [1.29, 1.82) is 0 Å². The number of hydrogen-bond acceptors (Lipinski definition) is 4. The van der Waals surface area contributed by atoms with Gasteiger partial charge in [-0.1, -0.05) is 78.9 Å². The first-order valence-corrected chi connectivity index (χ1v) is 16.2. The van der Waals surface area contributed by atoms with Gasteiger partial charge in [-0.05, 0) is 82.3 Å². The fourth-order valence-electron chi connectivity index (χ4n) is 5.52. The molecule has 7 nitrogen and oxygen atoms in total. The Bertz CT molecular complexity index is 1510. The number of amides is 2. The lowest BCUT2D eigenvalue weighted by molar-refractivity contribution is -0.139. The van der Waals surface area contributed by atoms with E-state index < -0.39 is 28.5 Å². The second kappa shape index (κ2) is 13.6. The largest absolute Gasteiger partial charge is 0.352 e. The zero-order chi connectivity index (χ0) is 30.4. The van der Waals surface area contributed by atoms with Crippen molar-refractivity contribution in [2.45, 2.75) is 90.2 Å². The molecule has 3 aromatic carbocycles. The number of anilines is 1. The molecule has 0 heterocycles. The van der Waals surface area contributed by atoms with Crippen LogP contribution in [0.25, 0.3) is 0 Å². The third-order valence-electron chi connectivity index (χ3n) is 8.29. The van der Waals surface area contributed by atoms with E-state index in [1.54, 1.807) is 43.3 Å². The maximum atomic E-state index is 14.2. The number of hydrogen-bond donors (Lipinski definition) is 1. The van der Waals surface area contributed by atoms with Gasteiger partial charge in [0, 0.05) is 12.6 Å². The summed E-state index contributed by atoms with van der Waals surface area (Å²) < 4.78 is 29.4. The molecule has 3 aromatic rings. The molecular weight excluding hydrogens is 546 g/mol. The highest BCUT2D eigenvalue weighted by molar-refractivity contribution is 7.92. The normalized spacial score (nSPS) is 14.7. The topological polar surface area (TPSA) is 86.8 Å². The predicted octanol–water partition coefficient (Wildman–Crippen LogP) is 5.98. The summed E-state index contributed by atoms with van der Waals surface area (Å²) in [5, 5.41) is 3.15. The van der Waals surface area contributed by atoms with Gasteiger partial charge in [0.1, 0.15) is 12.6 Å². The van der Waals surface area contributed by atoms with E-state index in [0.717, 1.165) is 53.5 Å². The Morgan fingerprint density at radius 1 is 0.881 bits per heavy atom. The molecule has 0 aromatic heterocycles. The Labute approximate surface area is 251 Å². The lowest BCUT2D eigenvalue weighted by Gasteiger charge is -2.33. The summed E-state index contributed by atoms with van der Waals surface area (Å²) in [6.45, 7) is 9.12. The molecular formula is C34H43N3O4S. The highest BCUT2D eigenvalue weighted by Gasteiger charge is 2.34. The van der Waals surface area contributed by atoms with Crippen molar-refractivity contribution in [1.82, 2.24) is 10.2 Å². The SMILES string of the molecule is Cc1ccc(S(=O)(=O)N(CC(=O)N(Cc2cccc(C)c2)C(C)C(=O)NC2CCCCC2)c2cccc(C)c2C)cc1. The van der Waals surface area contributed by atoms with E-state index in [1.807, 2.05) is 58.0 Å². The lowest BCUT2D eigenvalue weighted by atomic mass is 9.95. The van der Waals surface area contributed by atoms with Gasteiger partial charge >= 0.3 is 0 Å².